The van der Waals surface area contributed by atoms with Gasteiger partial charge in [0, 0.05) is 19.5 Å². The van der Waals surface area contributed by atoms with E-state index in [4.69, 9.17) is 14.5 Å². The van der Waals surface area contributed by atoms with Gasteiger partial charge in [-0.05, 0) is 62.1 Å². The normalized spacial score (nSPS) is 10.9. The molecule has 4 rings (SSSR count). The fourth-order valence-corrected chi connectivity index (χ4v) is 4.37. The van der Waals surface area contributed by atoms with Gasteiger partial charge in [0.1, 0.15) is 17.3 Å². The van der Waals surface area contributed by atoms with E-state index in [1.165, 1.54) is 0 Å². The fourth-order valence-electron chi connectivity index (χ4n) is 4.37. The van der Waals surface area contributed by atoms with Crippen LogP contribution < -0.4 is 14.8 Å². The predicted molar refractivity (Wildman–Crippen MR) is 139 cm³/mol. The number of amides is 1. The molecule has 1 N–H and O–H groups in total. The van der Waals surface area contributed by atoms with Crippen molar-refractivity contribution in [1.82, 2.24) is 14.9 Å². The summed E-state index contributed by atoms with van der Waals surface area (Å²) in [6, 6.07) is 21.7. The van der Waals surface area contributed by atoms with E-state index < -0.39 is 0 Å². The third-order valence-electron chi connectivity index (χ3n) is 6.13. The summed E-state index contributed by atoms with van der Waals surface area (Å²) in [5.41, 5.74) is 5.00. The second kappa shape index (κ2) is 11.6. The van der Waals surface area contributed by atoms with Crippen LogP contribution in [0.5, 0.6) is 11.5 Å². The van der Waals surface area contributed by atoms with Gasteiger partial charge in [-0.1, -0.05) is 42.5 Å². The first-order valence-electron chi connectivity index (χ1n) is 12.1. The third-order valence-corrected chi connectivity index (χ3v) is 6.13. The van der Waals surface area contributed by atoms with E-state index in [0.29, 0.717) is 24.5 Å². The van der Waals surface area contributed by atoms with Gasteiger partial charge < -0.3 is 19.4 Å². The Morgan fingerprint density at radius 1 is 0.943 bits per heavy atom. The van der Waals surface area contributed by atoms with Crippen LogP contribution in [0.2, 0.25) is 0 Å². The number of imidazole rings is 1. The Kier molecular flexibility index (Phi) is 8.03. The minimum atomic E-state index is -0.125. The fraction of sp³-hybridized carbons (Fsp3) is 0.310. The molecule has 0 bridgehead atoms. The number of carbonyl (C=O) groups is 1. The summed E-state index contributed by atoms with van der Waals surface area (Å²) in [5, 5.41) is 3.00. The van der Waals surface area contributed by atoms with Crippen LogP contribution in [0.25, 0.3) is 11.0 Å². The number of hydrogen-bond acceptors (Lipinski definition) is 4. The van der Waals surface area contributed by atoms with Gasteiger partial charge in [-0.3, -0.25) is 4.79 Å². The average molecular weight is 472 g/mol. The van der Waals surface area contributed by atoms with Crippen molar-refractivity contribution < 1.29 is 14.3 Å². The summed E-state index contributed by atoms with van der Waals surface area (Å²) in [7, 11) is 1.57. The topological polar surface area (TPSA) is 65.4 Å². The van der Waals surface area contributed by atoms with Gasteiger partial charge in [0.2, 0.25) is 0 Å². The number of ether oxygens (including phenoxy) is 2. The quantitative estimate of drug-likeness (QED) is 0.294. The molecular weight excluding hydrogens is 438 g/mol. The van der Waals surface area contributed by atoms with Gasteiger partial charge in [0.15, 0.2) is 0 Å². The molecule has 0 radical (unpaired) electrons. The molecule has 182 valence electrons. The van der Waals surface area contributed by atoms with Crippen molar-refractivity contribution in [2.75, 3.05) is 20.3 Å². The Balaban J connectivity index is 1.35. The zero-order valence-electron chi connectivity index (χ0n) is 20.7. The van der Waals surface area contributed by atoms with Crippen LogP contribution in [-0.2, 0) is 13.0 Å². The number of carbonyl (C=O) groups excluding carboxylic acids is 1. The molecule has 1 aromatic heterocycles. The molecule has 6 nitrogen and oxygen atoms in total. The Morgan fingerprint density at radius 2 is 1.69 bits per heavy atom. The van der Waals surface area contributed by atoms with Crippen molar-refractivity contribution in [2.45, 2.75) is 39.7 Å². The van der Waals surface area contributed by atoms with Gasteiger partial charge in [-0.2, -0.15) is 0 Å². The van der Waals surface area contributed by atoms with Crippen molar-refractivity contribution in [2.24, 2.45) is 0 Å². The smallest absolute Gasteiger partial charge is 0.255 e. The van der Waals surface area contributed by atoms with Crippen molar-refractivity contribution in [3.05, 3.63) is 89.2 Å². The highest BCUT2D eigenvalue weighted by Crippen LogP contribution is 2.23. The molecule has 0 spiro atoms. The lowest BCUT2D eigenvalue weighted by Gasteiger charge is -2.13. The Hall–Kier alpha value is -3.80. The van der Waals surface area contributed by atoms with Crippen molar-refractivity contribution in [3.63, 3.8) is 0 Å². The standard InChI is InChI=1S/C29H33N3O3/c1-21-11-8-12-22(2)28(21)35-20-10-19-32-25-15-6-5-14-24(25)31-27(32)17-9-18-30-29(33)23-13-4-7-16-26(23)34-3/h4-8,11-16H,9-10,17-20H2,1-3H3,(H,30,33). The largest absolute Gasteiger partial charge is 0.496 e. The second-order valence-corrected chi connectivity index (χ2v) is 8.65. The lowest BCUT2D eigenvalue weighted by Crippen LogP contribution is -2.25. The zero-order chi connectivity index (χ0) is 24.6. The number of aromatic nitrogens is 2. The molecule has 0 unspecified atom stereocenters. The van der Waals surface area contributed by atoms with Gasteiger partial charge in [-0.15, -0.1) is 0 Å². The summed E-state index contributed by atoms with van der Waals surface area (Å²) in [6.07, 6.45) is 2.45. The van der Waals surface area contributed by atoms with Crippen LogP contribution >= 0.6 is 0 Å². The van der Waals surface area contributed by atoms with Gasteiger partial charge in [0.25, 0.3) is 5.91 Å². The second-order valence-electron chi connectivity index (χ2n) is 8.65. The molecule has 1 heterocycles. The molecule has 1 amide bonds. The highest BCUT2D eigenvalue weighted by atomic mass is 16.5. The Bertz CT molecular complexity index is 1280. The monoisotopic (exact) mass is 471 g/mol. The van der Waals surface area contributed by atoms with E-state index in [9.17, 15) is 4.79 Å². The first kappa shape index (κ1) is 24.3. The van der Waals surface area contributed by atoms with Crippen molar-refractivity contribution in [1.29, 1.82) is 0 Å². The maximum Gasteiger partial charge on any atom is 0.255 e. The maximum atomic E-state index is 12.6. The van der Waals surface area contributed by atoms with E-state index in [1.54, 1.807) is 19.2 Å². The third kappa shape index (κ3) is 5.83. The number of rotatable bonds is 11. The molecular formula is C29H33N3O3. The SMILES string of the molecule is COc1ccccc1C(=O)NCCCc1nc2ccccc2n1CCCOc1c(C)cccc1C. The molecule has 0 atom stereocenters. The number of fused-ring (bicyclic) bond motifs is 1. The molecule has 0 aliphatic rings. The number of benzene rings is 3. The van der Waals surface area contributed by atoms with Crippen molar-refractivity contribution >= 4 is 16.9 Å². The molecule has 6 heteroatoms. The first-order chi connectivity index (χ1) is 17.1. The number of nitrogens with one attached hydrogen (secondary N) is 1. The Morgan fingerprint density at radius 3 is 2.49 bits per heavy atom. The summed E-state index contributed by atoms with van der Waals surface area (Å²) in [5.74, 6) is 2.47. The summed E-state index contributed by atoms with van der Waals surface area (Å²) in [4.78, 5) is 17.4. The molecule has 35 heavy (non-hydrogen) atoms. The van der Waals surface area contributed by atoms with E-state index in [1.807, 2.05) is 30.3 Å². The number of aryl methyl sites for hydroxylation is 4. The molecule has 0 aliphatic carbocycles. The number of nitrogens with zero attached hydrogens (tertiary/aromatic N) is 2. The summed E-state index contributed by atoms with van der Waals surface area (Å²) >= 11 is 0. The highest BCUT2D eigenvalue weighted by molar-refractivity contribution is 5.96. The molecule has 0 saturated heterocycles. The molecule has 3 aromatic carbocycles. The van der Waals surface area contributed by atoms with Crippen LogP contribution in [0.1, 0.15) is 40.2 Å². The number of para-hydroxylation sites is 4. The van der Waals surface area contributed by atoms with E-state index in [0.717, 1.165) is 59.5 Å². The minimum Gasteiger partial charge on any atom is -0.496 e. The lowest BCUT2D eigenvalue weighted by molar-refractivity contribution is 0.0950. The molecule has 4 aromatic rings. The van der Waals surface area contributed by atoms with Crippen LogP contribution in [0, 0.1) is 13.8 Å². The minimum absolute atomic E-state index is 0.125. The van der Waals surface area contributed by atoms with Crippen LogP contribution in [0.4, 0.5) is 0 Å². The van der Waals surface area contributed by atoms with Crippen LogP contribution in [0.15, 0.2) is 66.7 Å². The van der Waals surface area contributed by atoms with Crippen LogP contribution in [0.3, 0.4) is 0 Å². The molecule has 0 aliphatic heterocycles. The molecule has 0 fully saturated rings. The lowest BCUT2D eigenvalue weighted by atomic mass is 10.1. The van der Waals surface area contributed by atoms with Gasteiger partial charge >= 0.3 is 0 Å². The van der Waals surface area contributed by atoms with Crippen LogP contribution in [-0.4, -0.2) is 35.7 Å². The Labute approximate surface area is 206 Å². The van der Waals surface area contributed by atoms with E-state index >= 15 is 0 Å². The molecule has 0 saturated carbocycles. The number of methoxy groups -OCH3 is 1. The van der Waals surface area contributed by atoms with E-state index in [2.05, 4.69) is 48.0 Å². The average Bonchev–Trinajstić information content (AvgIpc) is 3.23. The van der Waals surface area contributed by atoms with Gasteiger partial charge in [-0.25, -0.2) is 4.98 Å². The summed E-state index contributed by atoms with van der Waals surface area (Å²) in [6.45, 7) is 6.20. The van der Waals surface area contributed by atoms with E-state index in [-0.39, 0.29) is 5.91 Å². The number of hydrogen-bond donors (Lipinski definition) is 1. The summed E-state index contributed by atoms with van der Waals surface area (Å²) < 4.78 is 13.7. The van der Waals surface area contributed by atoms with Crippen molar-refractivity contribution in [3.8, 4) is 11.5 Å². The highest BCUT2D eigenvalue weighted by Gasteiger charge is 2.13. The van der Waals surface area contributed by atoms with Gasteiger partial charge in [0.05, 0.1) is 30.3 Å². The zero-order valence-corrected chi connectivity index (χ0v) is 20.7. The first-order valence-corrected chi connectivity index (χ1v) is 12.1. The maximum absolute atomic E-state index is 12.6. The predicted octanol–water partition coefficient (Wildman–Crippen LogP) is 5.49.